The number of aliphatic imine (C=N–C) groups is 1. The number of thiazole rings is 1. The molecule has 2 heterocycles. The van der Waals surface area contributed by atoms with E-state index in [1.54, 1.807) is 0 Å². The predicted molar refractivity (Wildman–Crippen MR) is 108 cm³/mol. The third-order valence-electron chi connectivity index (χ3n) is 4.35. The topological polar surface area (TPSA) is 49.9 Å². The number of nitrogens with zero attached hydrogens (tertiary/aromatic N) is 3. The fraction of sp³-hybridized carbons (Fsp3) is 0.143. The Bertz CT molecular complexity index is 1090. The van der Waals surface area contributed by atoms with E-state index < -0.39 is 0 Å². The summed E-state index contributed by atoms with van der Waals surface area (Å²) in [7, 11) is 0. The van der Waals surface area contributed by atoms with Crippen molar-refractivity contribution in [2.45, 2.75) is 20.4 Å². The zero-order valence-electron chi connectivity index (χ0n) is 14.7. The van der Waals surface area contributed by atoms with Gasteiger partial charge in [0.05, 0.1) is 16.3 Å². The van der Waals surface area contributed by atoms with Crippen LogP contribution in [0.2, 0.25) is 0 Å². The van der Waals surface area contributed by atoms with Crippen LogP contribution in [0.25, 0.3) is 11.6 Å². The molecule has 0 aliphatic carbocycles. The van der Waals surface area contributed by atoms with E-state index >= 15 is 0 Å². The van der Waals surface area contributed by atoms with Crippen LogP contribution in [0.5, 0.6) is 5.88 Å². The molecule has 2 aromatic carbocycles. The molecular weight excluding hydrogens is 342 g/mol. The molecule has 5 heteroatoms. The first-order valence-corrected chi connectivity index (χ1v) is 9.38. The first-order chi connectivity index (χ1) is 12.7. The lowest BCUT2D eigenvalue weighted by Gasteiger charge is -2.02. The molecule has 4 nitrogen and oxygen atoms in total. The summed E-state index contributed by atoms with van der Waals surface area (Å²) in [5.41, 5.74) is 4.96. The first kappa shape index (κ1) is 16.5. The lowest BCUT2D eigenvalue weighted by Crippen LogP contribution is -2.12. The van der Waals surface area contributed by atoms with Gasteiger partial charge in [-0.05, 0) is 38.1 Å². The number of fused-ring (bicyclic) bond motifs is 1. The molecule has 0 saturated heterocycles. The Morgan fingerprint density at radius 3 is 2.62 bits per heavy atom. The van der Waals surface area contributed by atoms with Crippen molar-refractivity contribution < 1.29 is 5.11 Å². The lowest BCUT2D eigenvalue weighted by molar-refractivity contribution is 0.416. The van der Waals surface area contributed by atoms with Crippen molar-refractivity contribution in [3.63, 3.8) is 0 Å². The minimum absolute atomic E-state index is 0.247. The largest absolute Gasteiger partial charge is 0.493 e. The summed E-state index contributed by atoms with van der Waals surface area (Å²) in [6.07, 6.45) is 2.01. The molecule has 130 valence electrons. The van der Waals surface area contributed by atoms with Gasteiger partial charge >= 0.3 is 0 Å². The summed E-state index contributed by atoms with van der Waals surface area (Å²) in [5.74, 6) is 0.247. The van der Waals surface area contributed by atoms with Crippen LogP contribution in [-0.2, 0) is 6.54 Å². The second-order valence-electron chi connectivity index (χ2n) is 6.04. The highest BCUT2D eigenvalue weighted by Gasteiger charge is 2.19. The smallest absolute Gasteiger partial charge is 0.211 e. The number of benzene rings is 2. The van der Waals surface area contributed by atoms with Gasteiger partial charge in [-0.1, -0.05) is 47.7 Å². The number of aromatic nitrogens is 1. The van der Waals surface area contributed by atoms with Crippen LogP contribution in [0.15, 0.2) is 64.6 Å². The van der Waals surface area contributed by atoms with Gasteiger partial charge in [0.1, 0.15) is 0 Å². The zero-order valence-corrected chi connectivity index (χ0v) is 15.5. The Hall–Kier alpha value is -2.92. The van der Waals surface area contributed by atoms with Gasteiger partial charge in [-0.3, -0.25) is 9.56 Å². The van der Waals surface area contributed by atoms with Crippen molar-refractivity contribution in [3.05, 3.63) is 69.8 Å². The minimum atomic E-state index is 0.247. The normalized spacial score (nSPS) is 15.4. The van der Waals surface area contributed by atoms with E-state index in [0.717, 1.165) is 37.9 Å². The number of hydrogen-bond acceptors (Lipinski definition) is 4. The van der Waals surface area contributed by atoms with Crippen LogP contribution in [0.4, 0.5) is 11.4 Å². The van der Waals surface area contributed by atoms with Gasteiger partial charge in [0, 0.05) is 23.4 Å². The van der Waals surface area contributed by atoms with Crippen molar-refractivity contribution in [2.24, 2.45) is 9.98 Å². The monoisotopic (exact) mass is 361 g/mol. The molecule has 1 N–H and O–H groups in total. The molecule has 0 bridgehead atoms. The molecule has 1 aromatic heterocycles. The highest BCUT2D eigenvalue weighted by atomic mass is 32.1. The Labute approximate surface area is 156 Å². The summed E-state index contributed by atoms with van der Waals surface area (Å²) in [6.45, 7) is 4.66. The molecule has 0 spiro atoms. The molecule has 0 unspecified atom stereocenters. The standard InChI is InChI=1S/C21H19N3OS/c1-3-24-20(25)19(26-21(24)23-15-9-5-4-6-10-15)13-17-14(2)22-18-12-8-7-11-16(17)18/h4-13,25H,3H2,1-2H3/b17-13+,23-21?. The highest BCUT2D eigenvalue weighted by Crippen LogP contribution is 2.37. The molecule has 0 atom stereocenters. The van der Waals surface area contributed by atoms with E-state index in [4.69, 9.17) is 4.99 Å². The average molecular weight is 361 g/mol. The van der Waals surface area contributed by atoms with Gasteiger partial charge in [-0.25, -0.2) is 4.99 Å². The third kappa shape index (κ3) is 2.91. The molecule has 0 saturated carbocycles. The highest BCUT2D eigenvalue weighted by molar-refractivity contribution is 7.10. The van der Waals surface area contributed by atoms with Crippen LogP contribution < -0.4 is 4.80 Å². The van der Waals surface area contributed by atoms with E-state index in [0.29, 0.717) is 6.54 Å². The van der Waals surface area contributed by atoms with E-state index in [2.05, 4.69) is 11.1 Å². The molecule has 3 aromatic rings. The maximum atomic E-state index is 10.7. The van der Waals surface area contributed by atoms with Gasteiger partial charge in [0.15, 0.2) is 4.80 Å². The summed E-state index contributed by atoms with van der Waals surface area (Å²) >= 11 is 1.48. The molecule has 26 heavy (non-hydrogen) atoms. The molecule has 4 rings (SSSR count). The van der Waals surface area contributed by atoms with Crippen molar-refractivity contribution in [3.8, 4) is 5.88 Å². The van der Waals surface area contributed by atoms with Gasteiger partial charge in [-0.2, -0.15) is 0 Å². The molecule has 0 fully saturated rings. The molecular formula is C21H19N3OS. The van der Waals surface area contributed by atoms with E-state index in [9.17, 15) is 5.11 Å². The Kier molecular flexibility index (Phi) is 4.31. The van der Waals surface area contributed by atoms with Crippen molar-refractivity contribution in [2.75, 3.05) is 0 Å². The van der Waals surface area contributed by atoms with E-state index in [-0.39, 0.29) is 5.88 Å². The number of rotatable bonds is 3. The summed E-state index contributed by atoms with van der Waals surface area (Å²) in [4.78, 5) is 10.9. The van der Waals surface area contributed by atoms with Crippen LogP contribution >= 0.6 is 11.3 Å². The third-order valence-corrected chi connectivity index (χ3v) is 5.37. The minimum Gasteiger partial charge on any atom is -0.493 e. The summed E-state index contributed by atoms with van der Waals surface area (Å²) < 4.78 is 1.83. The summed E-state index contributed by atoms with van der Waals surface area (Å²) in [5, 5.41) is 10.7. The maximum Gasteiger partial charge on any atom is 0.211 e. The van der Waals surface area contributed by atoms with E-state index in [1.165, 1.54) is 11.3 Å². The second-order valence-corrected chi connectivity index (χ2v) is 7.05. The van der Waals surface area contributed by atoms with Crippen LogP contribution in [0.1, 0.15) is 24.3 Å². The van der Waals surface area contributed by atoms with Crippen LogP contribution in [-0.4, -0.2) is 15.4 Å². The Morgan fingerprint density at radius 1 is 1.12 bits per heavy atom. The predicted octanol–water partition coefficient (Wildman–Crippen LogP) is 5.15. The number of aromatic hydroxyl groups is 1. The van der Waals surface area contributed by atoms with E-state index in [1.807, 2.05) is 73.0 Å². The second kappa shape index (κ2) is 6.77. The van der Waals surface area contributed by atoms with Gasteiger partial charge < -0.3 is 5.11 Å². The maximum absolute atomic E-state index is 10.7. The quantitative estimate of drug-likeness (QED) is 0.689. The number of hydrogen-bond donors (Lipinski definition) is 1. The Balaban J connectivity index is 1.85. The van der Waals surface area contributed by atoms with Crippen molar-refractivity contribution in [1.29, 1.82) is 0 Å². The Morgan fingerprint density at radius 2 is 1.85 bits per heavy atom. The fourth-order valence-corrected chi connectivity index (χ4v) is 4.10. The zero-order chi connectivity index (χ0) is 18.1. The van der Waals surface area contributed by atoms with Gasteiger partial charge in [0.25, 0.3) is 0 Å². The van der Waals surface area contributed by atoms with Gasteiger partial charge in [-0.15, -0.1) is 0 Å². The lowest BCUT2D eigenvalue weighted by atomic mass is 10.0. The summed E-state index contributed by atoms with van der Waals surface area (Å²) in [6, 6.07) is 17.9. The van der Waals surface area contributed by atoms with Crippen molar-refractivity contribution >= 4 is 40.1 Å². The molecule has 0 amide bonds. The average Bonchev–Trinajstić information content (AvgIpc) is 3.13. The molecule has 1 aliphatic rings. The number of para-hydroxylation sites is 2. The molecule has 0 radical (unpaired) electrons. The fourth-order valence-electron chi connectivity index (χ4n) is 3.05. The van der Waals surface area contributed by atoms with Crippen molar-refractivity contribution in [1.82, 2.24) is 4.57 Å². The first-order valence-electron chi connectivity index (χ1n) is 8.56. The van der Waals surface area contributed by atoms with Gasteiger partial charge in [0.2, 0.25) is 5.88 Å². The van der Waals surface area contributed by atoms with Crippen LogP contribution in [0, 0.1) is 0 Å². The SMILES string of the molecule is CCn1c(O)c(/C=C2\C(C)=Nc3ccccc32)sc1=Nc1ccccc1. The number of allylic oxidation sites excluding steroid dienone is 1. The molecule has 1 aliphatic heterocycles. The van der Waals surface area contributed by atoms with Crippen LogP contribution in [0.3, 0.4) is 0 Å².